The van der Waals surface area contributed by atoms with E-state index in [0.29, 0.717) is 34.1 Å². The molecule has 4 nitrogen and oxygen atoms in total. The molecule has 1 aliphatic rings. The summed E-state index contributed by atoms with van der Waals surface area (Å²) in [6, 6.07) is 25.7. The number of hydrogen-bond donors (Lipinski definition) is 0. The molecule has 0 aliphatic heterocycles. The third-order valence-corrected chi connectivity index (χ3v) is 6.11. The molecule has 0 atom stereocenters. The van der Waals surface area contributed by atoms with Gasteiger partial charge in [-0.1, -0.05) is 62.4 Å². The summed E-state index contributed by atoms with van der Waals surface area (Å²) in [5.41, 5.74) is 3.59. The highest BCUT2D eigenvalue weighted by atomic mass is 16.5. The molecular formula is C30H24O4. The minimum atomic E-state index is -0.253. The summed E-state index contributed by atoms with van der Waals surface area (Å²) in [7, 11) is 0. The molecule has 168 valence electrons. The fourth-order valence-electron chi connectivity index (χ4n) is 4.19. The molecule has 0 N–H and O–H groups in total. The fraction of sp³-hybridized carbons (Fsp3) is 0.133. The van der Waals surface area contributed by atoms with Crippen LogP contribution in [0, 0.1) is 0 Å². The van der Waals surface area contributed by atoms with Crippen molar-refractivity contribution in [3.05, 3.63) is 118 Å². The van der Waals surface area contributed by atoms with Crippen LogP contribution in [0.15, 0.2) is 84.9 Å². The van der Waals surface area contributed by atoms with E-state index < -0.39 is 0 Å². The van der Waals surface area contributed by atoms with Crippen molar-refractivity contribution in [1.29, 1.82) is 0 Å². The van der Waals surface area contributed by atoms with Crippen LogP contribution in [-0.2, 0) is 12.8 Å². The number of hydrogen-bond acceptors (Lipinski definition) is 4. The number of ether oxygens (including phenoxy) is 2. The quantitative estimate of drug-likeness (QED) is 0.276. The van der Waals surface area contributed by atoms with Crippen LogP contribution in [0.3, 0.4) is 0 Å². The Labute approximate surface area is 198 Å². The van der Waals surface area contributed by atoms with Gasteiger partial charge in [-0.15, -0.1) is 0 Å². The van der Waals surface area contributed by atoms with Crippen molar-refractivity contribution in [1.82, 2.24) is 0 Å². The molecule has 0 spiro atoms. The largest absolute Gasteiger partial charge is 0.457 e. The predicted molar refractivity (Wildman–Crippen MR) is 132 cm³/mol. The Morgan fingerprint density at radius 1 is 0.529 bits per heavy atom. The zero-order valence-corrected chi connectivity index (χ0v) is 19.1. The number of ketones is 2. The Balaban J connectivity index is 1.52. The number of rotatable bonds is 6. The Kier molecular flexibility index (Phi) is 5.72. The van der Waals surface area contributed by atoms with E-state index in [2.05, 4.69) is 13.8 Å². The Bertz CT molecular complexity index is 1270. The van der Waals surface area contributed by atoms with Crippen LogP contribution in [0.2, 0.25) is 0 Å². The van der Waals surface area contributed by atoms with Gasteiger partial charge in [0.05, 0.1) is 11.1 Å². The molecule has 0 amide bonds. The van der Waals surface area contributed by atoms with Gasteiger partial charge in [0.15, 0.2) is 11.6 Å². The molecule has 0 radical (unpaired) electrons. The summed E-state index contributed by atoms with van der Waals surface area (Å²) < 4.78 is 12.1. The third-order valence-electron chi connectivity index (χ3n) is 6.11. The van der Waals surface area contributed by atoms with Crippen molar-refractivity contribution in [2.75, 3.05) is 0 Å². The first-order valence-corrected chi connectivity index (χ1v) is 11.5. The van der Waals surface area contributed by atoms with Gasteiger partial charge in [0.1, 0.15) is 23.0 Å². The third kappa shape index (κ3) is 3.88. The standard InChI is InChI=1S/C30H24O4/c1-3-19-11-15-21(16-12-19)33-25-9-5-7-23-27(25)29(31)24-8-6-10-26(28(24)30(23)32)34-22-17-13-20(4-2)14-18-22/h5-18H,3-4H2,1-2H3. The Morgan fingerprint density at radius 3 is 1.26 bits per heavy atom. The average Bonchev–Trinajstić information content (AvgIpc) is 2.88. The van der Waals surface area contributed by atoms with Crippen molar-refractivity contribution in [2.24, 2.45) is 0 Å². The Morgan fingerprint density at radius 2 is 0.912 bits per heavy atom. The molecule has 4 heteroatoms. The smallest absolute Gasteiger partial charge is 0.198 e. The van der Waals surface area contributed by atoms with Gasteiger partial charge in [0.2, 0.25) is 0 Å². The fourth-order valence-corrected chi connectivity index (χ4v) is 4.19. The molecule has 0 saturated heterocycles. The molecule has 0 aromatic heterocycles. The van der Waals surface area contributed by atoms with Crippen molar-refractivity contribution >= 4 is 11.6 Å². The minimum absolute atomic E-state index is 0.253. The number of aryl methyl sites for hydroxylation is 2. The molecule has 4 aromatic rings. The second kappa shape index (κ2) is 8.99. The van der Waals surface area contributed by atoms with Crippen LogP contribution in [0.25, 0.3) is 0 Å². The highest BCUT2D eigenvalue weighted by molar-refractivity contribution is 6.30. The van der Waals surface area contributed by atoms with Gasteiger partial charge < -0.3 is 9.47 Å². The van der Waals surface area contributed by atoms with E-state index in [1.165, 1.54) is 11.1 Å². The highest BCUT2D eigenvalue weighted by Crippen LogP contribution is 2.39. The number of carbonyl (C=O) groups is 2. The van der Waals surface area contributed by atoms with Gasteiger partial charge in [-0.05, 0) is 60.4 Å². The van der Waals surface area contributed by atoms with Crippen molar-refractivity contribution < 1.29 is 19.1 Å². The number of carbonyl (C=O) groups excluding carboxylic acids is 2. The second-order valence-corrected chi connectivity index (χ2v) is 8.21. The first-order chi connectivity index (χ1) is 16.6. The molecule has 0 saturated carbocycles. The second-order valence-electron chi connectivity index (χ2n) is 8.21. The molecule has 0 fully saturated rings. The van der Waals surface area contributed by atoms with Crippen molar-refractivity contribution in [3.63, 3.8) is 0 Å². The lowest BCUT2D eigenvalue weighted by Gasteiger charge is -2.22. The SMILES string of the molecule is CCc1ccc(Oc2cccc3c2C(=O)c2cccc(Oc4ccc(CC)cc4)c2C3=O)cc1. The molecule has 34 heavy (non-hydrogen) atoms. The Hall–Kier alpha value is -4.18. The maximum Gasteiger partial charge on any atom is 0.198 e. The summed E-state index contributed by atoms with van der Waals surface area (Å²) in [6.07, 6.45) is 1.86. The molecular weight excluding hydrogens is 424 g/mol. The van der Waals surface area contributed by atoms with E-state index in [9.17, 15) is 9.59 Å². The van der Waals surface area contributed by atoms with Crippen molar-refractivity contribution in [2.45, 2.75) is 26.7 Å². The lowest BCUT2D eigenvalue weighted by molar-refractivity contribution is 0.0975. The lowest BCUT2D eigenvalue weighted by Crippen LogP contribution is -2.22. The topological polar surface area (TPSA) is 52.6 Å². The predicted octanol–water partition coefficient (Wildman–Crippen LogP) is 7.17. The average molecular weight is 449 g/mol. The zero-order valence-electron chi connectivity index (χ0n) is 19.1. The van der Waals surface area contributed by atoms with Crippen LogP contribution < -0.4 is 9.47 Å². The number of fused-ring (bicyclic) bond motifs is 2. The summed E-state index contributed by atoms with van der Waals surface area (Å²) in [5.74, 6) is 1.46. The van der Waals surface area contributed by atoms with Gasteiger partial charge >= 0.3 is 0 Å². The van der Waals surface area contributed by atoms with Crippen LogP contribution >= 0.6 is 0 Å². The van der Waals surface area contributed by atoms with Gasteiger partial charge in [0.25, 0.3) is 0 Å². The van der Waals surface area contributed by atoms with E-state index >= 15 is 0 Å². The van der Waals surface area contributed by atoms with E-state index in [0.717, 1.165) is 12.8 Å². The van der Waals surface area contributed by atoms with Crippen LogP contribution in [0.1, 0.15) is 56.8 Å². The molecule has 5 rings (SSSR count). The van der Waals surface area contributed by atoms with Crippen LogP contribution in [-0.4, -0.2) is 11.6 Å². The minimum Gasteiger partial charge on any atom is -0.457 e. The van der Waals surface area contributed by atoms with E-state index in [4.69, 9.17) is 9.47 Å². The van der Waals surface area contributed by atoms with Gasteiger partial charge in [-0.3, -0.25) is 9.59 Å². The molecule has 0 heterocycles. The van der Waals surface area contributed by atoms with Gasteiger partial charge in [0, 0.05) is 11.1 Å². The monoisotopic (exact) mass is 448 g/mol. The molecule has 4 aromatic carbocycles. The highest BCUT2D eigenvalue weighted by Gasteiger charge is 2.35. The van der Waals surface area contributed by atoms with Gasteiger partial charge in [-0.25, -0.2) is 0 Å². The molecule has 0 bridgehead atoms. The summed E-state index contributed by atoms with van der Waals surface area (Å²) in [4.78, 5) is 27.1. The zero-order chi connectivity index (χ0) is 23.7. The maximum atomic E-state index is 13.6. The number of benzene rings is 4. The lowest BCUT2D eigenvalue weighted by atomic mass is 9.83. The maximum absolute atomic E-state index is 13.6. The van der Waals surface area contributed by atoms with E-state index in [-0.39, 0.29) is 22.7 Å². The van der Waals surface area contributed by atoms with E-state index in [1.54, 1.807) is 36.4 Å². The summed E-state index contributed by atoms with van der Waals surface area (Å²) >= 11 is 0. The summed E-state index contributed by atoms with van der Waals surface area (Å²) in [5, 5.41) is 0. The molecule has 0 unspecified atom stereocenters. The first-order valence-electron chi connectivity index (χ1n) is 11.5. The first kappa shape index (κ1) is 21.7. The normalized spacial score (nSPS) is 12.2. The van der Waals surface area contributed by atoms with Gasteiger partial charge in [-0.2, -0.15) is 0 Å². The van der Waals surface area contributed by atoms with Crippen molar-refractivity contribution in [3.8, 4) is 23.0 Å². The van der Waals surface area contributed by atoms with Crippen LogP contribution in [0.4, 0.5) is 0 Å². The summed E-state index contributed by atoms with van der Waals surface area (Å²) in [6.45, 7) is 4.17. The van der Waals surface area contributed by atoms with Crippen LogP contribution in [0.5, 0.6) is 23.0 Å². The van der Waals surface area contributed by atoms with E-state index in [1.807, 2.05) is 48.5 Å². The molecule has 1 aliphatic carbocycles.